The third-order valence-corrected chi connectivity index (χ3v) is 6.31. The van der Waals surface area contributed by atoms with Gasteiger partial charge in [0.1, 0.15) is 0 Å². The van der Waals surface area contributed by atoms with E-state index in [0.29, 0.717) is 16.4 Å². The number of piperidine rings is 1. The van der Waals surface area contributed by atoms with Gasteiger partial charge in [-0.3, -0.25) is 9.59 Å². The Hall–Kier alpha value is -3.43. The molecular formula is C24H27N5O3S. The first-order chi connectivity index (χ1) is 16.0. The molecule has 0 unspecified atom stereocenters. The van der Waals surface area contributed by atoms with E-state index in [1.165, 1.54) is 11.3 Å². The van der Waals surface area contributed by atoms with Gasteiger partial charge in [-0.1, -0.05) is 12.1 Å². The summed E-state index contributed by atoms with van der Waals surface area (Å²) in [4.78, 5) is 31.3. The Morgan fingerprint density at radius 3 is 2.85 bits per heavy atom. The number of ether oxygens (including phenoxy) is 1. The van der Waals surface area contributed by atoms with E-state index in [1.807, 2.05) is 17.5 Å². The number of nitrogen functional groups attached to an aromatic ring is 1. The van der Waals surface area contributed by atoms with Crippen LogP contribution in [0.1, 0.15) is 23.2 Å². The largest absolute Gasteiger partial charge is 0.399 e. The molecule has 4 N–H and O–H groups in total. The third-order valence-electron chi connectivity index (χ3n) is 5.55. The number of thiazole rings is 1. The molecule has 33 heavy (non-hydrogen) atoms. The molecule has 1 atom stereocenters. The lowest BCUT2D eigenvalue weighted by Gasteiger charge is -2.33. The van der Waals surface area contributed by atoms with Crippen molar-refractivity contribution in [2.45, 2.75) is 18.9 Å². The van der Waals surface area contributed by atoms with E-state index in [1.54, 1.807) is 31.4 Å². The number of amides is 2. The van der Waals surface area contributed by atoms with Crippen LogP contribution >= 0.6 is 11.3 Å². The van der Waals surface area contributed by atoms with Crippen molar-refractivity contribution in [2.75, 3.05) is 42.7 Å². The predicted octanol–water partition coefficient (Wildman–Crippen LogP) is 3.38. The van der Waals surface area contributed by atoms with E-state index in [9.17, 15) is 9.59 Å². The molecule has 1 saturated heterocycles. The number of aromatic nitrogens is 1. The monoisotopic (exact) mass is 465 g/mol. The molecule has 1 aliphatic rings. The second kappa shape index (κ2) is 10.5. The van der Waals surface area contributed by atoms with E-state index in [-0.39, 0.29) is 24.5 Å². The van der Waals surface area contributed by atoms with Gasteiger partial charge in [-0.25, -0.2) is 4.98 Å². The van der Waals surface area contributed by atoms with Crippen molar-refractivity contribution in [2.24, 2.45) is 0 Å². The van der Waals surface area contributed by atoms with Crippen LogP contribution in [0, 0.1) is 0 Å². The average Bonchev–Trinajstić information content (AvgIpc) is 3.31. The normalized spacial score (nSPS) is 15.8. The van der Waals surface area contributed by atoms with Crippen LogP contribution in [0.3, 0.4) is 0 Å². The van der Waals surface area contributed by atoms with Gasteiger partial charge in [-0.2, -0.15) is 0 Å². The highest BCUT2D eigenvalue weighted by Gasteiger charge is 2.20. The molecule has 2 aromatic carbocycles. The number of hydrogen-bond donors (Lipinski definition) is 3. The van der Waals surface area contributed by atoms with Gasteiger partial charge in [-0.05, 0) is 49.2 Å². The van der Waals surface area contributed by atoms with E-state index in [0.717, 1.165) is 42.9 Å². The van der Waals surface area contributed by atoms with Crippen molar-refractivity contribution in [1.29, 1.82) is 0 Å². The van der Waals surface area contributed by atoms with Gasteiger partial charge in [0.15, 0.2) is 5.13 Å². The number of methoxy groups -OCH3 is 1. The first kappa shape index (κ1) is 22.8. The molecule has 0 radical (unpaired) electrons. The van der Waals surface area contributed by atoms with Gasteiger partial charge in [0, 0.05) is 48.1 Å². The van der Waals surface area contributed by atoms with Crippen LogP contribution in [0.2, 0.25) is 0 Å². The number of nitrogens with one attached hydrogen (secondary N) is 2. The zero-order chi connectivity index (χ0) is 23.2. The minimum atomic E-state index is -0.340. The Labute approximate surface area is 196 Å². The molecule has 0 aliphatic carbocycles. The lowest BCUT2D eigenvalue weighted by Crippen LogP contribution is -2.39. The van der Waals surface area contributed by atoms with Gasteiger partial charge in [0.25, 0.3) is 5.91 Å². The van der Waals surface area contributed by atoms with Crippen LogP contribution in [-0.4, -0.2) is 49.6 Å². The van der Waals surface area contributed by atoms with E-state index >= 15 is 0 Å². The number of rotatable bonds is 7. The maximum absolute atomic E-state index is 12.3. The van der Waals surface area contributed by atoms with Crippen molar-refractivity contribution in [3.8, 4) is 11.3 Å². The molecule has 1 aromatic heterocycles. The second-order valence-corrected chi connectivity index (χ2v) is 8.75. The highest BCUT2D eigenvalue weighted by atomic mass is 32.1. The summed E-state index contributed by atoms with van der Waals surface area (Å²) in [7, 11) is 1.76. The van der Waals surface area contributed by atoms with Crippen molar-refractivity contribution >= 4 is 39.7 Å². The van der Waals surface area contributed by atoms with E-state index < -0.39 is 0 Å². The highest BCUT2D eigenvalue weighted by molar-refractivity contribution is 7.14. The molecule has 0 spiro atoms. The average molecular weight is 466 g/mol. The highest BCUT2D eigenvalue weighted by Crippen LogP contribution is 2.29. The van der Waals surface area contributed by atoms with Crippen molar-refractivity contribution in [1.82, 2.24) is 10.3 Å². The number of anilines is 3. The van der Waals surface area contributed by atoms with Crippen molar-refractivity contribution < 1.29 is 14.3 Å². The minimum Gasteiger partial charge on any atom is -0.399 e. The summed E-state index contributed by atoms with van der Waals surface area (Å²) in [5.74, 6) is -0.678. The van der Waals surface area contributed by atoms with Gasteiger partial charge in [0.2, 0.25) is 5.91 Å². The van der Waals surface area contributed by atoms with E-state index in [2.05, 4.69) is 32.7 Å². The Morgan fingerprint density at radius 1 is 1.24 bits per heavy atom. The molecule has 2 amide bonds. The molecule has 9 heteroatoms. The van der Waals surface area contributed by atoms with Crippen molar-refractivity contribution in [3.63, 3.8) is 0 Å². The lowest BCUT2D eigenvalue weighted by atomic mass is 10.1. The summed E-state index contributed by atoms with van der Waals surface area (Å²) in [6.45, 7) is 1.73. The molecule has 1 fully saturated rings. The number of nitrogens with zero attached hydrogens (tertiary/aromatic N) is 2. The number of benzene rings is 2. The second-order valence-electron chi connectivity index (χ2n) is 7.89. The predicted molar refractivity (Wildman–Crippen MR) is 132 cm³/mol. The minimum absolute atomic E-state index is 0.150. The van der Waals surface area contributed by atoms with Crippen LogP contribution in [0.5, 0.6) is 0 Å². The Kier molecular flexibility index (Phi) is 7.21. The van der Waals surface area contributed by atoms with Gasteiger partial charge < -0.3 is 26.0 Å². The molecule has 3 aromatic rings. The van der Waals surface area contributed by atoms with Crippen LogP contribution in [0.15, 0.2) is 53.9 Å². The number of nitrogens with two attached hydrogens (primary N) is 1. The smallest absolute Gasteiger partial charge is 0.251 e. The van der Waals surface area contributed by atoms with Crippen LogP contribution < -0.4 is 21.3 Å². The fraction of sp³-hybridized carbons (Fsp3) is 0.292. The third kappa shape index (κ3) is 5.88. The fourth-order valence-corrected chi connectivity index (χ4v) is 4.49. The summed E-state index contributed by atoms with van der Waals surface area (Å²) < 4.78 is 5.54. The molecule has 172 valence electrons. The summed E-state index contributed by atoms with van der Waals surface area (Å²) in [6.07, 6.45) is 2.44. The summed E-state index contributed by atoms with van der Waals surface area (Å²) in [6, 6.07) is 14.8. The summed E-state index contributed by atoms with van der Waals surface area (Å²) in [5.41, 5.74) is 9.56. The molecule has 8 nitrogen and oxygen atoms in total. The SMILES string of the molecule is CO[C@H]1CCCN(c2cccc(-c3csc(NC(=O)CNC(=O)c4ccc(N)cc4)n3)c2)C1. The lowest BCUT2D eigenvalue weighted by molar-refractivity contribution is -0.115. The maximum Gasteiger partial charge on any atom is 0.251 e. The van der Waals surface area contributed by atoms with Crippen LogP contribution in [0.4, 0.5) is 16.5 Å². The molecular weight excluding hydrogens is 438 g/mol. The van der Waals surface area contributed by atoms with Gasteiger partial charge in [-0.15, -0.1) is 11.3 Å². The first-order valence-corrected chi connectivity index (χ1v) is 11.7. The summed E-state index contributed by atoms with van der Waals surface area (Å²) in [5, 5.41) is 7.74. The molecule has 0 saturated carbocycles. The van der Waals surface area contributed by atoms with E-state index in [4.69, 9.17) is 10.5 Å². The Bertz CT molecular complexity index is 1120. The summed E-state index contributed by atoms with van der Waals surface area (Å²) >= 11 is 1.35. The molecule has 0 bridgehead atoms. The topological polar surface area (TPSA) is 110 Å². The van der Waals surface area contributed by atoms with Gasteiger partial charge in [0.05, 0.1) is 18.3 Å². The standard InChI is InChI=1S/C24H27N5O3S/c1-32-20-6-3-11-29(14-20)19-5-2-4-17(12-19)21-15-33-24(27-21)28-22(30)13-26-23(31)16-7-9-18(25)10-8-16/h2,4-5,7-10,12,15,20H,3,6,11,13-14,25H2,1H3,(H,26,31)(H,27,28,30)/t20-/m0/s1. The van der Waals surface area contributed by atoms with Crippen molar-refractivity contribution in [3.05, 3.63) is 59.5 Å². The Balaban J connectivity index is 1.34. The number of carbonyl (C=O) groups is 2. The Morgan fingerprint density at radius 2 is 2.06 bits per heavy atom. The van der Waals surface area contributed by atoms with Crippen LogP contribution in [-0.2, 0) is 9.53 Å². The zero-order valence-corrected chi connectivity index (χ0v) is 19.2. The molecule has 2 heterocycles. The number of hydrogen-bond acceptors (Lipinski definition) is 7. The molecule has 4 rings (SSSR count). The quantitative estimate of drug-likeness (QED) is 0.462. The number of carbonyl (C=O) groups excluding carboxylic acids is 2. The zero-order valence-electron chi connectivity index (χ0n) is 18.4. The fourth-order valence-electron chi connectivity index (χ4n) is 3.75. The van der Waals surface area contributed by atoms with Gasteiger partial charge >= 0.3 is 0 Å². The molecule has 1 aliphatic heterocycles. The first-order valence-electron chi connectivity index (χ1n) is 10.8. The van der Waals surface area contributed by atoms with Crippen LogP contribution in [0.25, 0.3) is 11.3 Å². The maximum atomic E-state index is 12.3.